The molecule has 0 spiro atoms. The van der Waals surface area contributed by atoms with Gasteiger partial charge in [-0.1, -0.05) is 18.2 Å². The van der Waals surface area contributed by atoms with E-state index in [1.54, 1.807) is 18.3 Å². The van der Waals surface area contributed by atoms with Gasteiger partial charge in [-0.3, -0.25) is 14.8 Å². The van der Waals surface area contributed by atoms with Crippen LogP contribution >= 0.6 is 0 Å². The number of benzene rings is 1. The Morgan fingerprint density at radius 3 is 2.39 bits per heavy atom. The van der Waals surface area contributed by atoms with Crippen LogP contribution in [0.15, 0.2) is 73.2 Å². The van der Waals surface area contributed by atoms with Gasteiger partial charge in [0.25, 0.3) is 5.91 Å². The third-order valence-corrected chi connectivity index (χ3v) is 4.95. The van der Waals surface area contributed by atoms with Crippen molar-refractivity contribution in [3.05, 3.63) is 90.1 Å². The average Bonchev–Trinajstić information content (AvgIpc) is 2.80. The molecule has 3 N–H and O–H groups in total. The van der Waals surface area contributed by atoms with Crippen LogP contribution in [0.25, 0.3) is 22.3 Å². The second kappa shape index (κ2) is 8.70. The number of aromatic nitrogens is 3. The molecule has 1 aromatic carbocycles. The SMILES string of the molecule is Cc1ncc(NC(=O)c2ccnc(C(F)(F)F)c2)cc1-c1cccc(-c2ccnc(N)c2)c1. The van der Waals surface area contributed by atoms with E-state index in [4.69, 9.17) is 5.73 Å². The highest BCUT2D eigenvalue weighted by molar-refractivity contribution is 6.04. The first-order chi connectivity index (χ1) is 15.7. The van der Waals surface area contributed by atoms with Crippen LogP contribution in [0.1, 0.15) is 21.7 Å². The van der Waals surface area contributed by atoms with Gasteiger partial charge in [0, 0.05) is 29.2 Å². The second-order valence-electron chi connectivity index (χ2n) is 7.29. The number of alkyl halides is 3. The molecule has 0 radical (unpaired) electrons. The maximum Gasteiger partial charge on any atom is 0.433 e. The van der Waals surface area contributed by atoms with Crippen molar-refractivity contribution in [3.8, 4) is 22.3 Å². The molecule has 3 heterocycles. The number of aryl methyl sites for hydroxylation is 1. The number of halogens is 3. The first-order valence-corrected chi connectivity index (χ1v) is 9.84. The number of rotatable bonds is 4. The summed E-state index contributed by atoms with van der Waals surface area (Å²) >= 11 is 0. The molecule has 0 aliphatic rings. The van der Waals surface area contributed by atoms with E-state index in [9.17, 15) is 18.0 Å². The van der Waals surface area contributed by atoms with Crippen LogP contribution < -0.4 is 11.1 Å². The van der Waals surface area contributed by atoms with Gasteiger partial charge in [-0.25, -0.2) is 4.98 Å². The molecular formula is C24H18F3N5O. The molecule has 0 aliphatic carbocycles. The van der Waals surface area contributed by atoms with Crippen molar-refractivity contribution < 1.29 is 18.0 Å². The summed E-state index contributed by atoms with van der Waals surface area (Å²) in [4.78, 5) is 24.2. The fraction of sp³-hybridized carbons (Fsp3) is 0.0833. The highest BCUT2D eigenvalue weighted by Gasteiger charge is 2.33. The van der Waals surface area contributed by atoms with Crippen molar-refractivity contribution in [2.45, 2.75) is 13.1 Å². The van der Waals surface area contributed by atoms with E-state index < -0.39 is 17.8 Å². The number of nitrogens with zero attached hydrogens (tertiary/aromatic N) is 3. The second-order valence-corrected chi connectivity index (χ2v) is 7.29. The number of nitrogen functional groups attached to an aromatic ring is 1. The lowest BCUT2D eigenvalue weighted by Crippen LogP contribution is -2.15. The molecule has 9 heteroatoms. The first-order valence-electron chi connectivity index (χ1n) is 9.84. The van der Waals surface area contributed by atoms with Crippen molar-refractivity contribution in [2.75, 3.05) is 11.1 Å². The predicted octanol–water partition coefficient (Wildman–Crippen LogP) is 5.37. The van der Waals surface area contributed by atoms with Crippen molar-refractivity contribution in [1.82, 2.24) is 15.0 Å². The van der Waals surface area contributed by atoms with Crippen molar-refractivity contribution in [3.63, 3.8) is 0 Å². The van der Waals surface area contributed by atoms with Gasteiger partial charge in [0.05, 0.1) is 11.9 Å². The lowest BCUT2D eigenvalue weighted by atomic mass is 9.98. The molecule has 0 bridgehead atoms. The molecule has 4 rings (SSSR count). The van der Waals surface area contributed by atoms with E-state index in [2.05, 4.69) is 20.3 Å². The number of pyridine rings is 3. The third kappa shape index (κ3) is 4.98. The van der Waals surface area contributed by atoms with Crippen molar-refractivity contribution >= 4 is 17.4 Å². The Bertz CT molecular complexity index is 1340. The van der Waals surface area contributed by atoms with E-state index in [1.807, 2.05) is 37.3 Å². The number of hydrogen-bond acceptors (Lipinski definition) is 5. The quantitative estimate of drug-likeness (QED) is 0.437. The Balaban J connectivity index is 1.63. The lowest BCUT2D eigenvalue weighted by molar-refractivity contribution is -0.141. The van der Waals surface area contributed by atoms with Crippen LogP contribution in [0, 0.1) is 6.92 Å². The molecule has 33 heavy (non-hydrogen) atoms. The van der Waals surface area contributed by atoms with Gasteiger partial charge in [0.1, 0.15) is 11.5 Å². The fourth-order valence-electron chi connectivity index (χ4n) is 3.32. The van der Waals surface area contributed by atoms with Gasteiger partial charge < -0.3 is 11.1 Å². The summed E-state index contributed by atoms with van der Waals surface area (Å²) in [5.41, 5.74) is 9.02. The summed E-state index contributed by atoms with van der Waals surface area (Å²) in [6, 6.07) is 15.0. The van der Waals surface area contributed by atoms with Gasteiger partial charge >= 0.3 is 6.18 Å². The molecular weight excluding hydrogens is 431 g/mol. The Kier molecular flexibility index (Phi) is 5.78. The van der Waals surface area contributed by atoms with E-state index in [0.29, 0.717) is 17.6 Å². The van der Waals surface area contributed by atoms with Gasteiger partial charge in [-0.2, -0.15) is 13.2 Å². The van der Waals surface area contributed by atoms with Crippen LogP contribution in [-0.2, 0) is 6.18 Å². The minimum atomic E-state index is -4.64. The summed E-state index contributed by atoms with van der Waals surface area (Å²) in [6.07, 6.45) is -0.604. The highest BCUT2D eigenvalue weighted by Crippen LogP contribution is 2.30. The summed E-state index contributed by atoms with van der Waals surface area (Å²) in [6.45, 7) is 1.83. The number of hydrogen-bond donors (Lipinski definition) is 2. The molecule has 1 amide bonds. The topological polar surface area (TPSA) is 93.8 Å². The zero-order valence-corrected chi connectivity index (χ0v) is 17.4. The largest absolute Gasteiger partial charge is 0.433 e. The van der Waals surface area contributed by atoms with E-state index in [0.717, 1.165) is 34.1 Å². The monoisotopic (exact) mass is 449 g/mol. The highest BCUT2D eigenvalue weighted by atomic mass is 19.4. The minimum absolute atomic E-state index is 0.156. The Hall–Kier alpha value is -4.27. The van der Waals surface area contributed by atoms with Crippen molar-refractivity contribution in [1.29, 1.82) is 0 Å². The predicted molar refractivity (Wildman–Crippen MR) is 119 cm³/mol. The fourth-order valence-corrected chi connectivity index (χ4v) is 3.32. The van der Waals surface area contributed by atoms with Crippen LogP contribution in [-0.4, -0.2) is 20.9 Å². The maximum absolute atomic E-state index is 12.9. The number of nitrogens with two attached hydrogens (primary N) is 1. The third-order valence-electron chi connectivity index (χ3n) is 4.95. The van der Waals surface area contributed by atoms with Gasteiger partial charge in [0.2, 0.25) is 0 Å². The molecule has 0 unspecified atom stereocenters. The lowest BCUT2D eigenvalue weighted by Gasteiger charge is -2.12. The van der Waals surface area contributed by atoms with Crippen LogP contribution in [0.4, 0.5) is 24.7 Å². The summed E-state index contributed by atoms with van der Waals surface area (Å²) in [7, 11) is 0. The number of carbonyl (C=O) groups is 1. The Labute approximate surface area is 187 Å². The molecule has 0 saturated carbocycles. The average molecular weight is 449 g/mol. The van der Waals surface area contributed by atoms with E-state index in [1.165, 1.54) is 12.3 Å². The molecule has 0 aliphatic heterocycles. The summed E-state index contributed by atoms with van der Waals surface area (Å²) < 4.78 is 38.7. The summed E-state index contributed by atoms with van der Waals surface area (Å²) in [5, 5.41) is 2.61. The Morgan fingerprint density at radius 2 is 1.64 bits per heavy atom. The van der Waals surface area contributed by atoms with Crippen LogP contribution in [0.3, 0.4) is 0 Å². The van der Waals surface area contributed by atoms with Crippen LogP contribution in [0.2, 0.25) is 0 Å². The minimum Gasteiger partial charge on any atom is -0.384 e. The molecule has 6 nitrogen and oxygen atoms in total. The Morgan fingerprint density at radius 1 is 0.909 bits per heavy atom. The molecule has 0 saturated heterocycles. The van der Waals surface area contributed by atoms with Crippen molar-refractivity contribution in [2.24, 2.45) is 0 Å². The zero-order chi connectivity index (χ0) is 23.6. The summed E-state index contributed by atoms with van der Waals surface area (Å²) in [5.74, 6) is -0.286. The first kappa shape index (κ1) is 21.9. The number of carbonyl (C=O) groups excluding carboxylic acids is 1. The number of anilines is 2. The van der Waals surface area contributed by atoms with Gasteiger partial charge in [0.15, 0.2) is 0 Å². The molecule has 166 valence electrons. The van der Waals surface area contributed by atoms with Crippen LogP contribution in [0.5, 0.6) is 0 Å². The van der Waals surface area contributed by atoms with Gasteiger partial charge in [-0.15, -0.1) is 0 Å². The zero-order valence-electron chi connectivity index (χ0n) is 17.4. The maximum atomic E-state index is 12.9. The molecule has 0 atom stereocenters. The number of amides is 1. The molecule has 4 aromatic rings. The molecule has 3 aromatic heterocycles. The standard InChI is InChI=1S/C24H18F3N5O/c1-14-20(17-4-2-3-15(9-17)16-5-8-30-22(28)11-16)12-19(13-31-14)32-23(33)18-6-7-29-21(10-18)24(25,26)27/h2-13H,1H3,(H2,28,30)(H,32,33). The molecule has 0 fully saturated rings. The van der Waals surface area contributed by atoms with E-state index in [-0.39, 0.29) is 5.56 Å². The normalized spacial score (nSPS) is 11.3. The smallest absolute Gasteiger partial charge is 0.384 e. The van der Waals surface area contributed by atoms with E-state index >= 15 is 0 Å². The van der Waals surface area contributed by atoms with Gasteiger partial charge in [-0.05, 0) is 60.0 Å². The number of nitrogens with one attached hydrogen (secondary N) is 1.